The first-order chi connectivity index (χ1) is 6.70. The Balaban J connectivity index is 2.31. The van der Waals surface area contributed by atoms with Gasteiger partial charge in [0.05, 0.1) is 0 Å². The zero-order valence-electron chi connectivity index (χ0n) is 7.29. The predicted octanol–water partition coefficient (Wildman–Crippen LogP) is 0.0179. The van der Waals surface area contributed by atoms with Crippen LogP contribution >= 0.6 is 12.2 Å². The van der Waals surface area contributed by atoms with Crippen molar-refractivity contribution >= 4 is 23.0 Å². The van der Waals surface area contributed by atoms with Crippen LogP contribution in [0.2, 0.25) is 0 Å². The largest absolute Gasteiger partial charge is 0.369 e. The molecule has 5 heteroatoms. The number of nitrogens with one attached hydrogen (secondary N) is 1. The molecule has 0 bridgehead atoms. The SMILES string of the molecule is O[C@@H]1NC(=S)N(c2ccccc2)[C@H]1O. The van der Waals surface area contributed by atoms with E-state index >= 15 is 0 Å². The van der Waals surface area contributed by atoms with E-state index in [1.165, 1.54) is 4.90 Å². The van der Waals surface area contributed by atoms with Crippen LogP contribution in [-0.2, 0) is 0 Å². The van der Waals surface area contributed by atoms with E-state index in [0.29, 0.717) is 5.11 Å². The van der Waals surface area contributed by atoms with Gasteiger partial charge in [-0.25, -0.2) is 0 Å². The molecule has 1 aliphatic rings. The number of benzene rings is 1. The summed E-state index contributed by atoms with van der Waals surface area (Å²) in [6.45, 7) is 0. The number of hydrogen-bond donors (Lipinski definition) is 3. The molecule has 1 aromatic carbocycles. The average molecular weight is 210 g/mol. The van der Waals surface area contributed by atoms with Crippen LogP contribution < -0.4 is 10.2 Å². The molecule has 1 fully saturated rings. The van der Waals surface area contributed by atoms with Crippen molar-refractivity contribution < 1.29 is 10.2 Å². The van der Waals surface area contributed by atoms with Crippen LogP contribution in [0.1, 0.15) is 0 Å². The van der Waals surface area contributed by atoms with Crippen molar-refractivity contribution in [2.24, 2.45) is 0 Å². The van der Waals surface area contributed by atoms with Gasteiger partial charge in [0.15, 0.2) is 17.6 Å². The Morgan fingerprint density at radius 1 is 1.21 bits per heavy atom. The molecule has 2 atom stereocenters. The number of hydrogen-bond acceptors (Lipinski definition) is 3. The van der Waals surface area contributed by atoms with Crippen LogP contribution in [0, 0.1) is 0 Å². The lowest BCUT2D eigenvalue weighted by Gasteiger charge is -2.20. The number of aliphatic hydroxyl groups is 2. The van der Waals surface area contributed by atoms with Gasteiger partial charge in [-0.3, -0.25) is 4.90 Å². The van der Waals surface area contributed by atoms with Crippen molar-refractivity contribution in [2.75, 3.05) is 4.90 Å². The van der Waals surface area contributed by atoms with E-state index in [-0.39, 0.29) is 0 Å². The Hall–Kier alpha value is -1.17. The molecular formula is C9H10N2O2S. The topological polar surface area (TPSA) is 55.7 Å². The maximum absolute atomic E-state index is 9.61. The molecule has 0 aromatic heterocycles. The smallest absolute Gasteiger partial charge is 0.178 e. The van der Waals surface area contributed by atoms with Crippen molar-refractivity contribution in [1.82, 2.24) is 5.32 Å². The molecule has 0 unspecified atom stereocenters. The average Bonchev–Trinajstić information content (AvgIpc) is 2.43. The summed E-state index contributed by atoms with van der Waals surface area (Å²) in [7, 11) is 0. The highest BCUT2D eigenvalue weighted by Crippen LogP contribution is 2.20. The number of anilines is 1. The zero-order valence-corrected chi connectivity index (χ0v) is 8.11. The summed E-state index contributed by atoms with van der Waals surface area (Å²) in [5, 5.41) is 21.8. The fourth-order valence-corrected chi connectivity index (χ4v) is 1.72. The molecule has 1 heterocycles. The molecule has 74 valence electrons. The monoisotopic (exact) mass is 210 g/mol. The standard InChI is InChI=1S/C9H10N2O2S/c12-7-8(13)11(9(14)10-7)6-4-2-1-3-5-6/h1-5,7-8,12-13H,(H,10,14)/t7-,8-/m0/s1. The van der Waals surface area contributed by atoms with Gasteiger partial charge in [-0.1, -0.05) is 18.2 Å². The van der Waals surface area contributed by atoms with Crippen molar-refractivity contribution in [2.45, 2.75) is 12.5 Å². The van der Waals surface area contributed by atoms with Crippen LogP contribution in [0.3, 0.4) is 0 Å². The third-order valence-electron chi connectivity index (χ3n) is 2.07. The van der Waals surface area contributed by atoms with Gasteiger partial charge in [-0.05, 0) is 24.4 Å². The van der Waals surface area contributed by atoms with Gasteiger partial charge in [0.2, 0.25) is 0 Å². The second-order valence-electron chi connectivity index (χ2n) is 3.01. The number of nitrogens with zero attached hydrogens (tertiary/aromatic N) is 1. The first kappa shape index (κ1) is 9.39. The van der Waals surface area contributed by atoms with Crippen molar-refractivity contribution in [3.63, 3.8) is 0 Å². The normalized spacial score (nSPS) is 26.4. The zero-order chi connectivity index (χ0) is 10.1. The summed E-state index contributed by atoms with van der Waals surface area (Å²) in [4.78, 5) is 1.47. The minimum atomic E-state index is -1.03. The lowest BCUT2D eigenvalue weighted by atomic mass is 10.3. The lowest BCUT2D eigenvalue weighted by molar-refractivity contribution is 0.0332. The molecule has 4 nitrogen and oxygen atoms in total. The van der Waals surface area contributed by atoms with Crippen molar-refractivity contribution in [1.29, 1.82) is 0 Å². The lowest BCUT2D eigenvalue weighted by Crippen LogP contribution is -2.36. The van der Waals surface area contributed by atoms with Gasteiger partial charge in [0.1, 0.15) is 0 Å². The van der Waals surface area contributed by atoms with E-state index < -0.39 is 12.5 Å². The Kier molecular flexibility index (Phi) is 2.37. The number of aliphatic hydroxyl groups excluding tert-OH is 2. The fraction of sp³-hybridized carbons (Fsp3) is 0.222. The Bertz CT molecular complexity index is 344. The third-order valence-corrected chi connectivity index (χ3v) is 2.39. The third kappa shape index (κ3) is 1.45. The van der Waals surface area contributed by atoms with E-state index in [9.17, 15) is 10.2 Å². The Morgan fingerprint density at radius 2 is 1.86 bits per heavy atom. The molecule has 3 N–H and O–H groups in total. The van der Waals surface area contributed by atoms with Crippen molar-refractivity contribution in [3.8, 4) is 0 Å². The van der Waals surface area contributed by atoms with E-state index in [2.05, 4.69) is 5.32 Å². The molecule has 2 rings (SSSR count). The first-order valence-corrected chi connectivity index (χ1v) is 4.62. The van der Waals surface area contributed by atoms with Crippen LogP contribution in [0.25, 0.3) is 0 Å². The molecule has 0 radical (unpaired) electrons. The minimum Gasteiger partial charge on any atom is -0.369 e. The molecular weight excluding hydrogens is 200 g/mol. The van der Waals surface area contributed by atoms with E-state index in [4.69, 9.17) is 12.2 Å². The summed E-state index contributed by atoms with van der Waals surface area (Å²) in [5.74, 6) is 0. The van der Waals surface area contributed by atoms with Crippen LogP contribution in [0.5, 0.6) is 0 Å². The minimum absolute atomic E-state index is 0.330. The number of thiocarbonyl (C=S) groups is 1. The highest BCUT2D eigenvalue weighted by molar-refractivity contribution is 7.80. The molecule has 14 heavy (non-hydrogen) atoms. The van der Waals surface area contributed by atoms with Gasteiger partial charge in [0, 0.05) is 5.69 Å². The van der Waals surface area contributed by atoms with Crippen LogP contribution in [-0.4, -0.2) is 27.8 Å². The van der Waals surface area contributed by atoms with E-state index in [1.807, 2.05) is 30.3 Å². The van der Waals surface area contributed by atoms with Gasteiger partial charge in [0.25, 0.3) is 0 Å². The van der Waals surface area contributed by atoms with E-state index in [0.717, 1.165) is 5.69 Å². The summed E-state index contributed by atoms with van der Waals surface area (Å²) < 4.78 is 0. The maximum Gasteiger partial charge on any atom is 0.178 e. The molecule has 0 aliphatic carbocycles. The van der Waals surface area contributed by atoms with Crippen LogP contribution in [0.4, 0.5) is 5.69 Å². The van der Waals surface area contributed by atoms with Gasteiger partial charge >= 0.3 is 0 Å². The summed E-state index contributed by atoms with van der Waals surface area (Å²) in [6, 6.07) is 9.19. The molecule has 0 saturated carbocycles. The maximum atomic E-state index is 9.61. The van der Waals surface area contributed by atoms with Gasteiger partial charge in [-0.2, -0.15) is 0 Å². The van der Waals surface area contributed by atoms with Crippen molar-refractivity contribution in [3.05, 3.63) is 30.3 Å². The highest BCUT2D eigenvalue weighted by Gasteiger charge is 2.34. The number of rotatable bonds is 1. The summed E-state index contributed by atoms with van der Waals surface area (Å²) >= 11 is 4.97. The molecule has 0 spiro atoms. The summed E-state index contributed by atoms with van der Waals surface area (Å²) in [5.41, 5.74) is 0.758. The molecule has 1 aromatic rings. The Labute approximate surface area is 86.8 Å². The van der Waals surface area contributed by atoms with E-state index in [1.54, 1.807) is 0 Å². The molecule has 1 saturated heterocycles. The fourth-order valence-electron chi connectivity index (χ4n) is 1.39. The van der Waals surface area contributed by atoms with Gasteiger partial charge < -0.3 is 15.5 Å². The highest BCUT2D eigenvalue weighted by atomic mass is 32.1. The summed E-state index contributed by atoms with van der Waals surface area (Å²) in [6.07, 6.45) is -2.05. The van der Waals surface area contributed by atoms with Gasteiger partial charge in [-0.15, -0.1) is 0 Å². The molecule has 0 amide bonds. The quantitative estimate of drug-likeness (QED) is 0.570. The molecule has 1 aliphatic heterocycles. The Morgan fingerprint density at radius 3 is 2.36 bits per heavy atom. The van der Waals surface area contributed by atoms with Crippen LogP contribution in [0.15, 0.2) is 30.3 Å². The predicted molar refractivity (Wildman–Crippen MR) is 56.7 cm³/mol. The first-order valence-electron chi connectivity index (χ1n) is 4.21. The number of para-hydroxylation sites is 1. The second kappa shape index (κ2) is 3.53. The second-order valence-corrected chi connectivity index (χ2v) is 3.40.